The molecule has 3 aromatic heterocycles. The lowest BCUT2D eigenvalue weighted by Gasteiger charge is -2.13. The number of hydrogen-bond donors (Lipinski definition) is 0. The Bertz CT molecular complexity index is 1680. The van der Waals surface area contributed by atoms with Gasteiger partial charge in [0.1, 0.15) is 0 Å². The molecule has 5 rings (SSSR count). The Labute approximate surface area is 241 Å². The predicted molar refractivity (Wildman–Crippen MR) is 168 cm³/mol. The van der Waals surface area contributed by atoms with Crippen molar-refractivity contribution < 1.29 is 4.79 Å². The molecule has 4 heteroatoms. The SMILES string of the molecule is C=C(C=CC(=CC)c1cc(C(=O)c2cc(-c3ccncc3)cc(-c3ccncc3)c2)cc(-c2ccncc2)c1)CC. The normalized spacial score (nSPS) is 11.5. The van der Waals surface area contributed by atoms with Gasteiger partial charge in [0.15, 0.2) is 5.78 Å². The van der Waals surface area contributed by atoms with Crippen LogP contribution in [0.1, 0.15) is 41.8 Å². The molecule has 0 radical (unpaired) electrons. The van der Waals surface area contributed by atoms with Crippen molar-refractivity contribution in [1.29, 1.82) is 0 Å². The molecule has 0 amide bonds. The van der Waals surface area contributed by atoms with Gasteiger partial charge in [-0.15, -0.1) is 0 Å². The summed E-state index contributed by atoms with van der Waals surface area (Å²) in [5, 5.41) is 0. The summed E-state index contributed by atoms with van der Waals surface area (Å²) in [5.41, 5.74) is 10.1. The summed E-state index contributed by atoms with van der Waals surface area (Å²) in [6, 6.07) is 23.8. The van der Waals surface area contributed by atoms with Gasteiger partial charge in [0.05, 0.1) is 0 Å². The molecule has 0 aliphatic rings. The minimum atomic E-state index is -0.0502. The second-order valence-electron chi connectivity index (χ2n) is 9.72. The molecular weight excluding hydrogens is 502 g/mol. The van der Waals surface area contributed by atoms with Gasteiger partial charge in [-0.25, -0.2) is 0 Å². The first kappa shape index (κ1) is 27.4. The molecule has 0 saturated heterocycles. The molecule has 0 spiro atoms. The van der Waals surface area contributed by atoms with E-state index in [0.717, 1.165) is 56.5 Å². The average Bonchev–Trinajstić information content (AvgIpc) is 3.05. The summed E-state index contributed by atoms with van der Waals surface area (Å²) >= 11 is 0. The number of hydrogen-bond acceptors (Lipinski definition) is 4. The van der Waals surface area contributed by atoms with Crippen molar-refractivity contribution in [2.75, 3.05) is 0 Å². The van der Waals surface area contributed by atoms with Gasteiger partial charge in [0.2, 0.25) is 0 Å². The van der Waals surface area contributed by atoms with E-state index in [1.54, 1.807) is 37.2 Å². The zero-order valence-electron chi connectivity index (χ0n) is 23.3. The van der Waals surface area contributed by atoms with Crippen LogP contribution in [-0.4, -0.2) is 20.7 Å². The van der Waals surface area contributed by atoms with Crippen LogP contribution in [0.2, 0.25) is 0 Å². The Morgan fingerprint density at radius 1 is 0.610 bits per heavy atom. The number of carbonyl (C=O) groups is 1. The summed E-state index contributed by atoms with van der Waals surface area (Å²) < 4.78 is 0. The standard InChI is InChI=1S/C37H31N3O/c1-4-26(3)6-7-27(5-2)31-20-32(28-8-14-38-15-9-28)23-35(22-31)37(41)36-24-33(29-10-16-39-17-11-29)21-34(25-36)30-12-18-40-19-13-30/h5-25H,3-4H2,1-2H3. The molecule has 0 fully saturated rings. The molecule has 0 atom stereocenters. The third-order valence-corrected chi connectivity index (χ3v) is 7.03. The van der Waals surface area contributed by atoms with Crippen LogP contribution in [0.25, 0.3) is 39.0 Å². The number of aromatic nitrogens is 3. The molecule has 0 aliphatic heterocycles. The average molecular weight is 534 g/mol. The van der Waals surface area contributed by atoms with Crippen molar-refractivity contribution in [3.8, 4) is 33.4 Å². The number of rotatable bonds is 9. The third-order valence-electron chi connectivity index (χ3n) is 7.03. The second-order valence-corrected chi connectivity index (χ2v) is 9.72. The maximum atomic E-state index is 14.3. The number of ketones is 1. The Morgan fingerprint density at radius 3 is 1.46 bits per heavy atom. The molecule has 0 unspecified atom stereocenters. The van der Waals surface area contributed by atoms with Gasteiger partial charge in [0.25, 0.3) is 0 Å². The van der Waals surface area contributed by atoms with Crippen LogP contribution in [0.3, 0.4) is 0 Å². The molecule has 0 saturated carbocycles. The fourth-order valence-electron chi connectivity index (χ4n) is 4.67. The van der Waals surface area contributed by atoms with Gasteiger partial charge in [-0.1, -0.05) is 37.3 Å². The number of benzene rings is 2. The first-order valence-corrected chi connectivity index (χ1v) is 13.6. The molecule has 200 valence electrons. The Kier molecular flexibility index (Phi) is 8.51. The van der Waals surface area contributed by atoms with Gasteiger partial charge in [0, 0.05) is 48.3 Å². The van der Waals surface area contributed by atoms with Gasteiger partial charge in [-0.3, -0.25) is 19.7 Å². The minimum Gasteiger partial charge on any atom is -0.289 e. The smallest absolute Gasteiger partial charge is 0.193 e. The van der Waals surface area contributed by atoms with Crippen molar-refractivity contribution in [3.63, 3.8) is 0 Å². The van der Waals surface area contributed by atoms with Gasteiger partial charge >= 0.3 is 0 Å². The lowest BCUT2D eigenvalue weighted by atomic mass is 9.90. The minimum absolute atomic E-state index is 0.0502. The summed E-state index contributed by atoms with van der Waals surface area (Å²) in [5.74, 6) is -0.0502. The molecule has 2 aromatic carbocycles. The predicted octanol–water partition coefficient (Wildman–Crippen LogP) is 9.03. The van der Waals surface area contributed by atoms with E-state index in [0.29, 0.717) is 11.1 Å². The maximum Gasteiger partial charge on any atom is 0.193 e. The van der Waals surface area contributed by atoms with Crippen molar-refractivity contribution in [2.45, 2.75) is 20.3 Å². The Balaban J connectivity index is 1.66. The van der Waals surface area contributed by atoms with Crippen LogP contribution in [0.15, 0.2) is 140 Å². The highest BCUT2D eigenvalue weighted by Crippen LogP contribution is 2.31. The maximum absolute atomic E-state index is 14.3. The lowest BCUT2D eigenvalue weighted by Crippen LogP contribution is -2.04. The van der Waals surface area contributed by atoms with Crippen molar-refractivity contribution in [1.82, 2.24) is 15.0 Å². The largest absolute Gasteiger partial charge is 0.289 e. The van der Waals surface area contributed by atoms with Crippen LogP contribution in [-0.2, 0) is 0 Å². The highest BCUT2D eigenvalue weighted by molar-refractivity contribution is 6.11. The van der Waals surface area contributed by atoms with Gasteiger partial charge in [-0.05, 0) is 131 Å². The fourth-order valence-corrected chi connectivity index (χ4v) is 4.67. The van der Waals surface area contributed by atoms with Gasteiger partial charge in [-0.2, -0.15) is 0 Å². The summed E-state index contributed by atoms with van der Waals surface area (Å²) in [7, 11) is 0. The molecule has 4 nitrogen and oxygen atoms in total. The van der Waals surface area contributed by atoms with E-state index < -0.39 is 0 Å². The quantitative estimate of drug-likeness (QED) is 0.140. The number of pyridine rings is 3. The summed E-state index contributed by atoms with van der Waals surface area (Å²) in [6.45, 7) is 8.20. The molecular formula is C37H31N3O. The summed E-state index contributed by atoms with van der Waals surface area (Å²) in [6.07, 6.45) is 17.6. The molecule has 0 N–H and O–H groups in total. The van der Waals surface area contributed by atoms with Crippen LogP contribution >= 0.6 is 0 Å². The number of allylic oxidation sites excluding steroid dienone is 5. The van der Waals surface area contributed by atoms with Crippen LogP contribution in [0.4, 0.5) is 0 Å². The van der Waals surface area contributed by atoms with E-state index in [4.69, 9.17) is 0 Å². The molecule has 0 aliphatic carbocycles. The second kappa shape index (κ2) is 12.8. The Morgan fingerprint density at radius 2 is 1.02 bits per heavy atom. The highest BCUT2D eigenvalue weighted by atomic mass is 16.1. The van der Waals surface area contributed by atoms with E-state index >= 15 is 0 Å². The first-order chi connectivity index (χ1) is 20.1. The van der Waals surface area contributed by atoms with E-state index in [-0.39, 0.29) is 5.78 Å². The summed E-state index contributed by atoms with van der Waals surface area (Å²) in [4.78, 5) is 26.8. The van der Waals surface area contributed by atoms with E-state index in [1.165, 1.54) is 0 Å². The third kappa shape index (κ3) is 6.51. The first-order valence-electron chi connectivity index (χ1n) is 13.6. The molecule has 41 heavy (non-hydrogen) atoms. The van der Waals surface area contributed by atoms with Crippen molar-refractivity contribution in [3.05, 3.63) is 157 Å². The zero-order valence-corrected chi connectivity index (χ0v) is 23.3. The van der Waals surface area contributed by atoms with E-state index in [2.05, 4.69) is 52.7 Å². The lowest BCUT2D eigenvalue weighted by molar-refractivity contribution is 0.103. The number of nitrogens with zero attached hydrogens (tertiary/aromatic N) is 3. The zero-order chi connectivity index (χ0) is 28.6. The molecule has 5 aromatic rings. The van der Waals surface area contributed by atoms with Gasteiger partial charge < -0.3 is 0 Å². The van der Waals surface area contributed by atoms with Crippen LogP contribution in [0, 0.1) is 0 Å². The van der Waals surface area contributed by atoms with E-state index in [9.17, 15) is 4.79 Å². The fraction of sp³-hybridized carbons (Fsp3) is 0.0811. The Hall–Kier alpha value is -5.22. The van der Waals surface area contributed by atoms with Crippen molar-refractivity contribution >= 4 is 11.4 Å². The van der Waals surface area contributed by atoms with Crippen molar-refractivity contribution in [2.24, 2.45) is 0 Å². The van der Waals surface area contributed by atoms with Crippen LogP contribution in [0.5, 0.6) is 0 Å². The molecule has 3 heterocycles. The monoisotopic (exact) mass is 533 g/mol. The highest BCUT2D eigenvalue weighted by Gasteiger charge is 2.16. The molecule has 0 bridgehead atoms. The van der Waals surface area contributed by atoms with Crippen LogP contribution < -0.4 is 0 Å². The topological polar surface area (TPSA) is 55.7 Å². The van der Waals surface area contributed by atoms with E-state index in [1.807, 2.05) is 73.7 Å². The number of carbonyl (C=O) groups excluding carboxylic acids is 1.